The summed E-state index contributed by atoms with van der Waals surface area (Å²) in [5.41, 5.74) is -0.325. The molecule has 0 saturated carbocycles. The van der Waals surface area contributed by atoms with Crippen molar-refractivity contribution in [1.82, 2.24) is 0 Å². The van der Waals surface area contributed by atoms with E-state index >= 15 is 0 Å². The molecule has 16 heavy (non-hydrogen) atoms. The Bertz CT molecular complexity index is 241. The second-order valence-electron chi connectivity index (χ2n) is 3.39. The predicted molar refractivity (Wildman–Crippen MR) is 62.2 cm³/mol. The summed E-state index contributed by atoms with van der Waals surface area (Å²) in [5, 5.41) is 8.98. The van der Waals surface area contributed by atoms with Gasteiger partial charge in [-0.05, 0) is 6.42 Å². The van der Waals surface area contributed by atoms with Gasteiger partial charge in [0.25, 0.3) is 0 Å². The first-order valence-corrected chi connectivity index (χ1v) is 6.86. The average Bonchev–Trinajstić information content (AvgIpc) is 2.29. The molecular formula is C10H20O5Si. The van der Waals surface area contributed by atoms with Gasteiger partial charge in [0.15, 0.2) is 0 Å². The van der Waals surface area contributed by atoms with E-state index in [0.717, 1.165) is 6.42 Å². The highest BCUT2D eigenvalue weighted by molar-refractivity contribution is 6.63. The molecule has 0 radical (unpaired) electrons. The van der Waals surface area contributed by atoms with Gasteiger partial charge < -0.3 is 18.4 Å². The summed E-state index contributed by atoms with van der Waals surface area (Å²) in [6.07, 6.45) is 1.43. The average molecular weight is 248 g/mol. The van der Waals surface area contributed by atoms with Crippen molar-refractivity contribution < 1.29 is 23.2 Å². The summed E-state index contributed by atoms with van der Waals surface area (Å²) in [6, 6.07) is 0. The van der Waals surface area contributed by atoms with Gasteiger partial charge in [-0.2, -0.15) is 0 Å². The fraction of sp³-hybridized carbons (Fsp3) is 0.700. The van der Waals surface area contributed by atoms with Crippen LogP contribution in [-0.4, -0.2) is 41.2 Å². The van der Waals surface area contributed by atoms with E-state index in [0.29, 0.717) is 6.42 Å². The van der Waals surface area contributed by atoms with Crippen molar-refractivity contribution in [3.8, 4) is 0 Å². The molecule has 1 unspecified atom stereocenters. The van der Waals surface area contributed by atoms with Crippen LogP contribution in [0.15, 0.2) is 12.2 Å². The number of hydrogen-bond donors (Lipinski definition) is 1. The van der Waals surface area contributed by atoms with Gasteiger partial charge >= 0.3 is 14.8 Å². The third-order valence-electron chi connectivity index (χ3n) is 2.55. The highest BCUT2D eigenvalue weighted by Gasteiger charge is 2.49. The minimum atomic E-state index is -2.97. The molecule has 5 nitrogen and oxygen atoms in total. The molecule has 1 atom stereocenters. The summed E-state index contributed by atoms with van der Waals surface area (Å²) in [6.45, 7) is 5.54. The Morgan fingerprint density at radius 2 is 1.75 bits per heavy atom. The number of hydrogen-bond acceptors (Lipinski definition) is 4. The second-order valence-corrected chi connectivity index (χ2v) is 6.52. The van der Waals surface area contributed by atoms with E-state index in [2.05, 4.69) is 6.58 Å². The summed E-state index contributed by atoms with van der Waals surface area (Å²) < 4.78 is 15.9. The van der Waals surface area contributed by atoms with Crippen LogP contribution >= 0.6 is 0 Å². The van der Waals surface area contributed by atoms with E-state index in [1.54, 1.807) is 0 Å². The van der Waals surface area contributed by atoms with Crippen LogP contribution in [0.2, 0.25) is 5.54 Å². The van der Waals surface area contributed by atoms with E-state index in [-0.39, 0.29) is 5.57 Å². The van der Waals surface area contributed by atoms with Crippen molar-refractivity contribution in [1.29, 1.82) is 0 Å². The molecule has 1 N–H and O–H groups in total. The van der Waals surface area contributed by atoms with Gasteiger partial charge in [-0.25, -0.2) is 4.79 Å². The molecule has 0 aromatic heterocycles. The summed E-state index contributed by atoms with van der Waals surface area (Å²) in [4.78, 5) is 11.0. The lowest BCUT2D eigenvalue weighted by Gasteiger charge is -2.32. The SMILES string of the molecule is C=C(C(=O)O)C(CCC)[Si](OC)(OC)OC. The zero-order valence-electron chi connectivity index (χ0n) is 10.3. The summed E-state index contributed by atoms with van der Waals surface area (Å²) in [5.74, 6) is -1.04. The lowest BCUT2D eigenvalue weighted by Crippen LogP contribution is -2.49. The quantitative estimate of drug-likeness (QED) is 0.523. The Hall–Kier alpha value is -0.693. The first kappa shape index (κ1) is 15.3. The molecule has 0 rings (SSSR count). The number of carboxylic acid groups (broad SMARTS) is 1. The highest BCUT2D eigenvalue weighted by atomic mass is 28.4. The molecule has 0 aliphatic rings. The number of rotatable bonds is 8. The van der Waals surface area contributed by atoms with Crippen molar-refractivity contribution in [2.75, 3.05) is 21.3 Å². The number of carbonyl (C=O) groups is 1. The first-order chi connectivity index (χ1) is 7.48. The predicted octanol–water partition coefficient (Wildman–Crippen LogP) is 1.68. The second kappa shape index (κ2) is 6.80. The number of aliphatic carboxylic acids is 1. The molecule has 0 aromatic rings. The highest BCUT2D eigenvalue weighted by Crippen LogP contribution is 2.34. The Morgan fingerprint density at radius 3 is 2.00 bits per heavy atom. The number of carboxylic acids is 1. The van der Waals surface area contributed by atoms with Crippen molar-refractivity contribution >= 4 is 14.8 Å². The zero-order chi connectivity index (χ0) is 12.8. The molecule has 6 heteroatoms. The Kier molecular flexibility index (Phi) is 6.50. The standard InChI is InChI=1S/C10H20O5Si/c1-6-7-9(8(2)10(11)12)16(13-3,14-4)15-5/h9H,2,6-7H2,1,3-5H3,(H,11,12). The maximum absolute atomic E-state index is 11.0. The monoisotopic (exact) mass is 248 g/mol. The van der Waals surface area contributed by atoms with Gasteiger partial charge in [0.1, 0.15) is 0 Å². The van der Waals surface area contributed by atoms with E-state index < -0.39 is 20.3 Å². The molecule has 0 fully saturated rings. The fourth-order valence-electron chi connectivity index (χ4n) is 1.68. The van der Waals surface area contributed by atoms with Crippen LogP contribution in [-0.2, 0) is 18.1 Å². The normalized spacial score (nSPS) is 13.5. The van der Waals surface area contributed by atoms with Crippen LogP contribution in [0.4, 0.5) is 0 Å². The van der Waals surface area contributed by atoms with E-state index in [1.165, 1.54) is 21.3 Å². The molecule has 0 spiro atoms. The van der Waals surface area contributed by atoms with Gasteiger partial charge in [0.2, 0.25) is 0 Å². The van der Waals surface area contributed by atoms with Crippen molar-refractivity contribution in [3.05, 3.63) is 12.2 Å². The smallest absolute Gasteiger partial charge is 0.478 e. The molecule has 0 aliphatic heterocycles. The van der Waals surface area contributed by atoms with Crippen LogP contribution in [0, 0.1) is 0 Å². The lowest BCUT2D eigenvalue weighted by atomic mass is 10.1. The maximum atomic E-state index is 11.0. The molecule has 0 aromatic carbocycles. The van der Waals surface area contributed by atoms with Crippen LogP contribution in [0.5, 0.6) is 0 Å². The maximum Gasteiger partial charge on any atom is 0.508 e. The van der Waals surface area contributed by atoms with Gasteiger partial charge in [0, 0.05) is 26.9 Å². The van der Waals surface area contributed by atoms with Gasteiger partial charge in [-0.3, -0.25) is 0 Å². The summed E-state index contributed by atoms with van der Waals surface area (Å²) in [7, 11) is 1.43. The zero-order valence-corrected chi connectivity index (χ0v) is 11.3. The van der Waals surface area contributed by atoms with E-state index in [1.807, 2.05) is 6.92 Å². The minimum Gasteiger partial charge on any atom is -0.478 e. The third-order valence-corrected chi connectivity index (χ3v) is 5.75. The Labute approximate surface area is 97.4 Å². The molecule has 0 saturated heterocycles. The molecule has 0 aliphatic carbocycles. The van der Waals surface area contributed by atoms with Crippen molar-refractivity contribution in [3.63, 3.8) is 0 Å². The van der Waals surface area contributed by atoms with Crippen LogP contribution < -0.4 is 0 Å². The van der Waals surface area contributed by atoms with Crippen LogP contribution in [0.3, 0.4) is 0 Å². The molecule has 0 amide bonds. The lowest BCUT2D eigenvalue weighted by molar-refractivity contribution is -0.133. The Balaban J connectivity index is 5.13. The summed E-state index contributed by atoms with van der Waals surface area (Å²) >= 11 is 0. The third kappa shape index (κ3) is 3.15. The minimum absolute atomic E-state index is 0.0825. The van der Waals surface area contributed by atoms with Crippen LogP contribution in [0.1, 0.15) is 19.8 Å². The van der Waals surface area contributed by atoms with E-state index in [4.69, 9.17) is 18.4 Å². The fourth-order valence-corrected chi connectivity index (χ4v) is 4.22. The topological polar surface area (TPSA) is 65.0 Å². The van der Waals surface area contributed by atoms with E-state index in [9.17, 15) is 4.79 Å². The molecular weight excluding hydrogens is 228 g/mol. The first-order valence-electron chi connectivity index (χ1n) is 5.06. The molecule has 94 valence electrons. The molecule has 0 bridgehead atoms. The van der Waals surface area contributed by atoms with Crippen LogP contribution in [0.25, 0.3) is 0 Å². The molecule has 0 heterocycles. The van der Waals surface area contributed by atoms with Crippen molar-refractivity contribution in [2.45, 2.75) is 25.3 Å². The van der Waals surface area contributed by atoms with Gasteiger partial charge in [-0.1, -0.05) is 19.9 Å². The van der Waals surface area contributed by atoms with Gasteiger partial charge in [-0.15, -0.1) is 0 Å². The Morgan fingerprint density at radius 1 is 1.31 bits per heavy atom. The van der Waals surface area contributed by atoms with Gasteiger partial charge in [0.05, 0.1) is 5.54 Å². The largest absolute Gasteiger partial charge is 0.508 e. The van der Waals surface area contributed by atoms with Crippen molar-refractivity contribution in [2.24, 2.45) is 0 Å².